The van der Waals surface area contributed by atoms with Crippen LogP contribution < -0.4 is 10.9 Å². The molecule has 1 heterocycles. The van der Waals surface area contributed by atoms with Gasteiger partial charge in [0.1, 0.15) is 0 Å². The van der Waals surface area contributed by atoms with Crippen LogP contribution in [-0.2, 0) is 19.4 Å². The van der Waals surface area contributed by atoms with E-state index in [0.29, 0.717) is 18.6 Å². The highest BCUT2D eigenvalue weighted by Crippen LogP contribution is 2.37. The molecule has 3 nitrogen and oxygen atoms in total. The molecule has 1 saturated carbocycles. The molecule has 2 aliphatic rings. The van der Waals surface area contributed by atoms with Crippen molar-refractivity contribution in [3.05, 3.63) is 33.2 Å². The summed E-state index contributed by atoms with van der Waals surface area (Å²) in [6.07, 6.45) is 5.83. The molecule has 0 unspecified atom stereocenters. The minimum absolute atomic E-state index is 0.256. The summed E-state index contributed by atoms with van der Waals surface area (Å²) in [5, 5.41) is 3.37. The zero-order chi connectivity index (χ0) is 12.7. The lowest BCUT2D eigenvalue weighted by Gasteiger charge is -2.15. The first kappa shape index (κ1) is 12.0. The van der Waals surface area contributed by atoms with Crippen LogP contribution in [-0.4, -0.2) is 10.6 Å². The van der Waals surface area contributed by atoms with Gasteiger partial charge >= 0.3 is 0 Å². The first-order valence-electron chi connectivity index (χ1n) is 7.16. The van der Waals surface area contributed by atoms with E-state index in [1.54, 1.807) is 0 Å². The van der Waals surface area contributed by atoms with E-state index >= 15 is 0 Å². The van der Waals surface area contributed by atoms with Crippen LogP contribution in [0, 0.1) is 0 Å². The lowest BCUT2D eigenvalue weighted by Crippen LogP contribution is -2.31. The molecule has 1 fully saturated rings. The number of hydrogen-bond donors (Lipinski definition) is 1. The number of nitrogens with one attached hydrogen (secondary N) is 1. The summed E-state index contributed by atoms with van der Waals surface area (Å²) in [5.74, 6) is 0. The highest BCUT2D eigenvalue weighted by atomic mass is 16.1. The second-order valence-electron chi connectivity index (χ2n) is 5.94. The Labute approximate surface area is 108 Å². The molecule has 98 valence electrons. The Bertz CT molecular complexity index is 512. The molecule has 0 spiro atoms. The molecule has 1 aromatic heterocycles. The molecule has 0 radical (unpaired) electrons. The topological polar surface area (TPSA) is 34.0 Å². The van der Waals surface area contributed by atoms with Crippen LogP contribution in [0.15, 0.2) is 10.9 Å². The summed E-state index contributed by atoms with van der Waals surface area (Å²) in [4.78, 5) is 12.5. The Balaban J connectivity index is 1.99. The van der Waals surface area contributed by atoms with Gasteiger partial charge in [-0.2, -0.15) is 0 Å². The molecule has 18 heavy (non-hydrogen) atoms. The normalized spacial score (nSPS) is 18.4. The third-order valence-electron chi connectivity index (χ3n) is 3.98. The van der Waals surface area contributed by atoms with E-state index in [-0.39, 0.29) is 5.56 Å². The summed E-state index contributed by atoms with van der Waals surface area (Å²) in [5.41, 5.74) is 3.96. The van der Waals surface area contributed by atoms with Gasteiger partial charge in [-0.15, -0.1) is 0 Å². The van der Waals surface area contributed by atoms with Crippen molar-refractivity contribution in [2.75, 3.05) is 0 Å². The molecule has 0 atom stereocenters. The molecule has 0 aromatic carbocycles. The van der Waals surface area contributed by atoms with Crippen molar-refractivity contribution in [1.82, 2.24) is 9.88 Å². The summed E-state index contributed by atoms with van der Waals surface area (Å²) in [6, 6.07) is 3.08. The lowest BCUT2D eigenvalue weighted by atomic mass is 10.1. The summed E-state index contributed by atoms with van der Waals surface area (Å²) >= 11 is 0. The van der Waals surface area contributed by atoms with Crippen molar-refractivity contribution >= 4 is 0 Å². The molecule has 0 bridgehead atoms. The van der Waals surface area contributed by atoms with Crippen molar-refractivity contribution in [2.24, 2.45) is 0 Å². The number of pyridine rings is 1. The van der Waals surface area contributed by atoms with Gasteiger partial charge in [-0.05, 0) is 43.7 Å². The van der Waals surface area contributed by atoms with Crippen LogP contribution in [0.3, 0.4) is 0 Å². The Morgan fingerprint density at radius 2 is 2.17 bits per heavy atom. The minimum atomic E-state index is 0.256. The molecule has 0 aliphatic heterocycles. The van der Waals surface area contributed by atoms with Crippen LogP contribution in [0.1, 0.15) is 56.0 Å². The molecule has 0 amide bonds. The van der Waals surface area contributed by atoms with E-state index < -0.39 is 0 Å². The molecular weight excluding hydrogens is 224 g/mol. The van der Waals surface area contributed by atoms with Crippen molar-refractivity contribution in [1.29, 1.82) is 0 Å². The Morgan fingerprint density at radius 1 is 1.39 bits per heavy atom. The SMILES string of the molecule is CC(C)NCc1cc2c(n(C3CC3)c1=O)CCC2. The van der Waals surface area contributed by atoms with Crippen LogP contribution in [0.4, 0.5) is 0 Å². The second kappa shape index (κ2) is 4.54. The predicted molar refractivity (Wildman–Crippen MR) is 73.0 cm³/mol. The molecule has 2 aliphatic carbocycles. The number of rotatable bonds is 4. The van der Waals surface area contributed by atoms with Gasteiger partial charge in [-0.3, -0.25) is 4.79 Å². The summed E-state index contributed by atoms with van der Waals surface area (Å²) < 4.78 is 2.11. The molecule has 3 rings (SSSR count). The lowest BCUT2D eigenvalue weighted by molar-refractivity contribution is 0.575. The molecular formula is C15H22N2O. The largest absolute Gasteiger partial charge is 0.310 e. The van der Waals surface area contributed by atoms with Gasteiger partial charge in [0.05, 0.1) is 0 Å². The maximum Gasteiger partial charge on any atom is 0.255 e. The fourth-order valence-electron chi connectivity index (χ4n) is 2.89. The van der Waals surface area contributed by atoms with E-state index in [1.165, 1.54) is 30.5 Å². The fraction of sp³-hybridized carbons (Fsp3) is 0.667. The third-order valence-corrected chi connectivity index (χ3v) is 3.98. The minimum Gasteiger partial charge on any atom is -0.310 e. The number of hydrogen-bond acceptors (Lipinski definition) is 2. The number of aromatic nitrogens is 1. The van der Waals surface area contributed by atoms with Gasteiger partial charge in [-0.1, -0.05) is 13.8 Å². The number of nitrogens with zero attached hydrogens (tertiary/aromatic N) is 1. The van der Waals surface area contributed by atoms with E-state index in [0.717, 1.165) is 18.4 Å². The van der Waals surface area contributed by atoms with Crippen molar-refractivity contribution in [2.45, 2.75) is 64.6 Å². The molecule has 1 N–H and O–H groups in total. The van der Waals surface area contributed by atoms with Crippen molar-refractivity contribution < 1.29 is 0 Å². The van der Waals surface area contributed by atoms with Crippen LogP contribution in [0.2, 0.25) is 0 Å². The zero-order valence-corrected chi connectivity index (χ0v) is 11.3. The quantitative estimate of drug-likeness (QED) is 0.883. The monoisotopic (exact) mass is 246 g/mol. The van der Waals surface area contributed by atoms with E-state index in [1.807, 2.05) is 0 Å². The van der Waals surface area contributed by atoms with Crippen LogP contribution in [0.5, 0.6) is 0 Å². The Morgan fingerprint density at radius 3 is 2.83 bits per heavy atom. The van der Waals surface area contributed by atoms with Gasteiger partial charge in [0.2, 0.25) is 0 Å². The fourth-order valence-corrected chi connectivity index (χ4v) is 2.89. The molecule has 1 aromatic rings. The van der Waals surface area contributed by atoms with Crippen LogP contribution >= 0.6 is 0 Å². The van der Waals surface area contributed by atoms with E-state index in [2.05, 4.69) is 29.8 Å². The summed E-state index contributed by atoms with van der Waals surface area (Å²) in [6.45, 7) is 4.94. The van der Waals surface area contributed by atoms with Gasteiger partial charge in [0.15, 0.2) is 0 Å². The second-order valence-corrected chi connectivity index (χ2v) is 5.94. The average Bonchev–Trinajstić information content (AvgIpc) is 3.04. The third kappa shape index (κ3) is 2.12. The zero-order valence-electron chi connectivity index (χ0n) is 11.3. The van der Waals surface area contributed by atoms with Crippen molar-refractivity contribution in [3.63, 3.8) is 0 Å². The van der Waals surface area contributed by atoms with Gasteiger partial charge in [0.25, 0.3) is 5.56 Å². The Hall–Kier alpha value is -1.09. The van der Waals surface area contributed by atoms with Gasteiger partial charge in [-0.25, -0.2) is 0 Å². The maximum absolute atomic E-state index is 12.5. The van der Waals surface area contributed by atoms with Crippen molar-refractivity contribution in [3.8, 4) is 0 Å². The Kier molecular flexibility index (Phi) is 3.02. The van der Waals surface area contributed by atoms with E-state index in [9.17, 15) is 4.79 Å². The smallest absolute Gasteiger partial charge is 0.255 e. The number of aryl methyl sites for hydroxylation is 1. The first-order valence-corrected chi connectivity index (χ1v) is 7.16. The van der Waals surface area contributed by atoms with E-state index in [4.69, 9.17) is 0 Å². The van der Waals surface area contributed by atoms with Crippen LogP contribution in [0.25, 0.3) is 0 Å². The van der Waals surface area contributed by atoms with Gasteiger partial charge in [0, 0.05) is 29.9 Å². The standard InChI is InChI=1S/C15H22N2O/c1-10(2)16-9-12-8-11-4-3-5-14(11)17(15(12)18)13-6-7-13/h8,10,13,16H,3-7,9H2,1-2H3. The average molecular weight is 246 g/mol. The summed E-state index contributed by atoms with van der Waals surface area (Å²) in [7, 11) is 0. The highest BCUT2D eigenvalue weighted by molar-refractivity contribution is 5.31. The van der Waals surface area contributed by atoms with Gasteiger partial charge < -0.3 is 9.88 Å². The highest BCUT2D eigenvalue weighted by Gasteiger charge is 2.30. The first-order chi connectivity index (χ1) is 8.66. The predicted octanol–water partition coefficient (Wildman–Crippen LogP) is 2.17. The number of fused-ring (bicyclic) bond motifs is 1. The molecule has 0 saturated heterocycles. The maximum atomic E-state index is 12.5. The molecule has 3 heteroatoms.